The summed E-state index contributed by atoms with van der Waals surface area (Å²) in [6.45, 7) is 4.23. The Hall–Kier alpha value is -1.57. The lowest BCUT2D eigenvalue weighted by Crippen LogP contribution is -2.11. The summed E-state index contributed by atoms with van der Waals surface area (Å²) >= 11 is 0. The highest BCUT2D eigenvalue weighted by Gasteiger charge is 2.07. The van der Waals surface area contributed by atoms with Crippen LogP contribution in [-0.2, 0) is 6.42 Å². The largest absolute Gasteiger partial charge is 0.358 e. The summed E-state index contributed by atoms with van der Waals surface area (Å²) in [7, 11) is 0. The van der Waals surface area contributed by atoms with Crippen molar-refractivity contribution in [3.8, 4) is 0 Å². The molecule has 0 radical (unpaired) electrons. The number of aryl methyl sites for hydroxylation is 1. The minimum atomic E-state index is 0.187. The van der Waals surface area contributed by atoms with E-state index in [-0.39, 0.29) is 5.43 Å². The van der Waals surface area contributed by atoms with E-state index in [9.17, 15) is 4.79 Å². The van der Waals surface area contributed by atoms with Crippen LogP contribution in [0.5, 0.6) is 0 Å². The van der Waals surface area contributed by atoms with Gasteiger partial charge in [-0.1, -0.05) is 83.3 Å². The molecule has 2 heteroatoms. The summed E-state index contributed by atoms with van der Waals surface area (Å²) in [5.74, 6) is 0. The zero-order valence-electron chi connectivity index (χ0n) is 16.2. The number of hydrogen-bond donors (Lipinski definition) is 1. The standard InChI is InChI=1S/C23H35NO/c1-3-4-5-6-7-8-9-10-11-12-13-17-21-19(2)23(25)20-16-14-15-18-22(20)24-21/h14-16,18H,3-13,17H2,1-2H3,(H,24,25). The average Bonchev–Trinajstić information content (AvgIpc) is 2.63. The van der Waals surface area contributed by atoms with Crippen LogP contribution >= 0.6 is 0 Å². The predicted molar refractivity (Wildman–Crippen MR) is 109 cm³/mol. The third-order valence-corrected chi connectivity index (χ3v) is 5.28. The van der Waals surface area contributed by atoms with E-state index in [0.717, 1.165) is 28.6 Å². The Balaban J connectivity index is 1.65. The van der Waals surface area contributed by atoms with Crippen molar-refractivity contribution in [3.05, 3.63) is 45.7 Å². The molecule has 0 bridgehead atoms. The van der Waals surface area contributed by atoms with Crippen LogP contribution in [0, 0.1) is 6.92 Å². The molecule has 25 heavy (non-hydrogen) atoms. The predicted octanol–water partition coefficient (Wildman–Crippen LogP) is 6.69. The zero-order valence-corrected chi connectivity index (χ0v) is 16.2. The van der Waals surface area contributed by atoms with Crippen molar-refractivity contribution in [3.63, 3.8) is 0 Å². The molecule has 0 unspecified atom stereocenters. The van der Waals surface area contributed by atoms with E-state index in [1.54, 1.807) is 0 Å². The van der Waals surface area contributed by atoms with Gasteiger partial charge in [-0.25, -0.2) is 0 Å². The molecule has 1 N–H and O–H groups in total. The molecule has 0 amide bonds. The fraction of sp³-hybridized carbons (Fsp3) is 0.609. The van der Waals surface area contributed by atoms with Gasteiger partial charge in [-0.15, -0.1) is 0 Å². The van der Waals surface area contributed by atoms with Crippen LogP contribution in [0.3, 0.4) is 0 Å². The number of fused-ring (bicyclic) bond motifs is 1. The third-order valence-electron chi connectivity index (χ3n) is 5.28. The molecule has 1 heterocycles. The Bertz CT molecular complexity index is 686. The number of aromatic nitrogens is 1. The van der Waals surface area contributed by atoms with Crippen LogP contribution < -0.4 is 5.43 Å². The molecule has 0 fully saturated rings. The second-order valence-electron chi connectivity index (χ2n) is 7.39. The van der Waals surface area contributed by atoms with Gasteiger partial charge in [0.25, 0.3) is 0 Å². The number of nitrogens with one attached hydrogen (secondary N) is 1. The molecule has 0 saturated carbocycles. The van der Waals surface area contributed by atoms with Crippen LogP contribution in [0.2, 0.25) is 0 Å². The number of aromatic amines is 1. The molecule has 138 valence electrons. The van der Waals surface area contributed by atoms with E-state index in [1.165, 1.54) is 70.6 Å². The molecule has 1 aromatic heterocycles. The summed E-state index contributed by atoms with van der Waals surface area (Å²) in [6, 6.07) is 7.83. The van der Waals surface area contributed by atoms with Crippen LogP contribution in [0.25, 0.3) is 10.9 Å². The molecule has 2 rings (SSSR count). The lowest BCUT2D eigenvalue weighted by molar-refractivity contribution is 0.548. The second kappa shape index (κ2) is 11.1. The molecule has 0 saturated heterocycles. The number of pyridine rings is 1. The van der Waals surface area contributed by atoms with Crippen LogP contribution in [0.1, 0.15) is 88.8 Å². The maximum absolute atomic E-state index is 12.4. The Morgan fingerprint density at radius 1 is 0.800 bits per heavy atom. The lowest BCUT2D eigenvalue weighted by atomic mass is 10.0. The number of unbranched alkanes of at least 4 members (excludes halogenated alkanes) is 10. The molecule has 1 aromatic carbocycles. The van der Waals surface area contributed by atoms with Crippen LogP contribution in [-0.4, -0.2) is 4.98 Å². The Morgan fingerprint density at radius 3 is 2.00 bits per heavy atom. The van der Waals surface area contributed by atoms with E-state index >= 15 is 0 Å². The molecule has 0 atom stereocenters. The molecule has 0 aliphatic carbocycles. The summed E-state index contributed by atoms with van der Waals surface area (Å²) in [4.78, 5) is 15.9. The molecule has 2 nitrogen and oxygen atoms in total. The smallest absolute Gasteiger partial charge is 0.192 e. The van der Waals surface area contributed by atoms with Gasteiger partial charge in [-0.05, 0) is 31.9 Å². The van der Waals surface area contributed by atoms with Crippen molar-refractivity contribution in [1.29, 1.82) is 0 Å². The van der Waals surface area contributed by atoms with Crippen molar-refractivity contribution in [1.82, 2.24) is 4.98 Å². The normalized spacial score (nSPS) is 11.3. The summed E-state index contributed by atoms with van der Waals surface area (Å²) < 4.78 is 0. The van der Waals surface area contributed by atoms with Crippen molar-refractivity contribution in [2.24, 2.45) is 0 Å². The van der Waals surface area contributed by atoms with Gasteiger partial charge in [0, 0.05) is 22.2 Å². The average molecular weight is 342 g/mol. The van der Waals surface area contributed by atoms with Gasteiger partial charge in [0.15, 0.2) is 5.43 Å². The van der Waals surface area contributed by atoms with Gasteiger partial charge < -0.3 is 4.98 Å². The minimum absolute atomic E-state index is 0.187. The van der Waals surface area contributed by atoms with Crippen molar-refractivity contribution < 1.29 is 0 Å². The fourth-order valence-corrected chi connectivity index (χ4v) is 3.60. The second-order valence-corrected chi connectivity index (χ2v) is 7.39. The quantitative estimate of drug-likeness (QED) is 0.429. The Morgan fingerprint density at radius 2 is 1.36 bits per heavy atom. The molecule has 0 aliphatic heterocycles. The number of H-pyrrole nitrogens is 1. The SMILES string of the molecule is CCCCCCCCCCCCCc1[nH]c2ccccc2c(=O)c1C. The number of benzene rings is 1. The summed E-state index contributed by atoms with van der Waals surface area (Å²) in [5, 5.41) is 0.808. The van der Waals surface area contributed by atoms with Gasteiger partial charge in [0.1, 0.15) is 0 Å². The first kappa shape index (κ1) is 19.8. The maximum Gasteiger partial charge on any atom is 0.192 e. The molecule has 0 spiro atoms. The van der Waals surface area contributed by atoms with E-state index in [4.69, 9.17) is 0 Å². The van der Waals surface area contributed by atoms with Gasteiger partial charge >= 0.3 is 0 Å². The topological polar surface area (TPSA) is 32.9 Å². The third kappa shape index (κ3) is 6.34. The first-order chi connectivity index (χ1) is 12.2. The van der Waals surface area contributed by atoms with E-state index in [2.05, 4.69) is 11.9 Å². The summed E-state index contributed by atoms with van der Waals surface area (Å²) in [5.41, 5.74) is 3.17. The highest BCUT2D eigenvalue weighted by Crippen LogP contribution is 2.15. The van der Waals surface area contributed by atoms with Crippen LogP contribution in [0.15, 0.2) is 29.1 Å². The first-order valence-electron chi connectivity index (χ1n) is 10.3. The first-order valence-corrected chi connectivity index (χ1v) is 10.3. The highest BCUT2D eigenvalue weighted by atomic mass is 16.1. The van der Waals surface area contributed by atoms with Crippen LogP contribution in [0.4, 0.5) is 0 Å². The van der Waals surface area contributed by atoms with Gasteiger partial charge in [-0.2, -0.15) is 0 Å². The monoisotopic (exact) mass is 341 g/mol. The van der Waals surface area contributed by atoms with E-state index in [1.807, 2.05) is 31.2 Å². The zero-order chi connectivity index (χ0) is 17.9. The van der Waals surface area contributed by atoms with Gasteiger partial charge in [0.2, 0.25) is 0 Å². The highest BCUT2D eigenvalue weighted by molar-refractivity contribution is 5.79. The number of hydrogen-bond acceptors (Lipinski definition) is 1. The lowest BCUT2D eigenvalue weighted by Gasteiger charge is -2.08. The molecule has 0 aliphatic rings. The molecular formula is C23H35NO. The van der Waals surface area contributed by atoms with Crippen molar-refractivity contribution in [2.75, 3.05) is 0 Å². The Kier molecular flexibility index (Phi) is 8.79. The number of rotatable bonds is 12. The molecule has 2 aromatic rings. The van der Waals surface area contributed by atoms with Crippen molar-refractivity contribution in [2.45, 2.75) is 90.9 Å². The summed E-state index contributed by atoms with van der Waals surface area (Å²) in [6.07, 6.45) is 15.9. The van der Waals surface area contributed by atoms with E-state index in [0.29, 0.717) is 0 Å². The minimum Gasteiger partial charge on any atom is -0.358 e. The fourth-order valence-electron chi connectivity index (χ4n) is 3.60. The van der Waals surface area contributed by atoms with E-state index < -0.39 is 0 Å². The van der Waals surface area contributed by atoms with Crippen molar-refractivity contribution >= 4 is 10.9 Å². The van der Waals surface area contributed by atoms with Gasteiger partial charge in [0.05, 0.1) is 0 Å². The molecular weight excluding hydrogens is 306 g/mol. The Labute approximate surface area is 153 Å². The maximum atomic E-state index is 12.4. The number of para-hydroxylation sites is 1. The van der Waals surface area contributed by atoms with Gasteiger partial charge in [-0.3, -0.25) is 4.79 Å².